The summed E-state index contributed by atoms with van der Waals surface area (Å²) in [5, 5.41) is 0. The molecule has 0 aliphatic rings. The number of rotatable bonds is 15. The molecule has 138 valence electrons. The van der Waals surface area contributed by atoms with Gasteiger partial charge in [-0.3, -0.25) is 0 Å². The van der Waals surface area contributed by atoms with Crippen LogP contribution in [0, 0.1) is 0 Å². The smallest absolute Gasteiger partial charge is 0.333 e. The number of carbonyl (C=O) groups is 2. The largest absolute Gasteiger partial charge is 0.462 e. The molecule has 6 heteroatoms. The Morgan fingerprint density at radius 1 is 1.08 bits per heavy atom. The fourth-order valence-corrected chi connectivity index (χ4v) is 1.62. The van der Waals surface area contributed by atoms with Crippen LogP contribution in [0.2, 0.25) is 0 Å². The number of unbranched alkanes of at least 4 members (excludes halogenated alkanes) is 1. The minimum Gasteiger partial charge on any atom is -0.462 e. The quantitative estimate of drug-likeness (QED) is 0.259. The third kappa shape index (κ3) is 12.8. The molecule has 24 heavy (non-hydrogen) atoms. The van der Waals surface area contributed by atoms with E-state index in [2.05, 4.69) is 20.1 Å². The van der Waals surface area contributed by atoms with Crippen LogP contribution >= 0.6 is 0 Å². The highest BCUT2D eigenvalue weighted by atomic mass is 16.5. The molecule has 0 aromatic rings. The van der Waals surface area contributed by atoms with Crippen molar-refractivity contribution in [3.8, 4) is 0 Å². The second-order valence-electron chi connectivity index (χ2n) is 5.35. The molecule has 1 unspecified atom stereocenters. The second-order valence-corrected chi connectivity index (χ2v) is 5.35. The molecule has 0 amide bonds. The summed E-state index contributed by atoms with van der Waals surface area (Å²) >= 11 is 0. The molecule has 1 atom stereocenters. The lowest BCUT2D eigenvalue weighted by atomic mass is 10.2. The molecule has 0 saturated carbocycles. The van der Waals surface area contributed by atoms with Crippen LogP contribution in [-0.4, -0.2) is 51.1 Å². The van der Waals surface area contributed by atoms with E-state index in [1.807, 2.05) is 0 Å². The van der Waals surface area contributed by atoms with Crippen LogP contribution in [0.15, 0.2) is 24.8 Å². The van der Waals surface area contributed by atoms with Crippen molar-refractivity contribution in [3.05, 3.63) is 24.8 Å². The van der Waals surface area contributed by atoms with Crippen LogP contribution in [0.1, 0.15) is 39.5 Å². The first-order valence-corrected chi connectivity index (χ1v) is 8.32. The fourth-order valence-electron chi connectivity index (χ4n) is 1.62. The van der Waals surface area contributed by atoms with Gasteiger partial charge in [0.2, 0.25) is 0 Å². The number of carbonyl (C=O) groups excluding carboxylic acids is 2. The second kappa shape index (κ2) is 14.9. The molecule has 0 saturated heterocycles. The Morgan fingerprint density at radius 2 is 1.83 bits per heavy atom. The molecule has 6 nitrogen and oxygen atoms in total. The SMILES string of the molecule is C=CC(=O)OCCCOCC(CCOC(=O)C(=C)C)OCCCC. The topological polar surface area (TPSA) is 71.1 Å². The van der Waals surface area contributed by atoms with E-state index in [1.54, 1.807) is 6.92 Å². The van der Waals surface area contributed by atoms with Gasteiger partial charge in [0.25, 0.3) is 0 Å². The maximum Gasteiger partial charge on any atom is 0.333 e. The molecule has 0 aliphatic heterocycles. The van der Waals surface area contributed by atoms with Crippen molar-refractivity contribution < 1.29 is 28.5 Å². The van der Waals surface area contributed by atoms with Gasteiger partial charge in [-0.05, 0) is 13.3 Å². The molecule has 0 aliphatic carbocycles. The fraction of sp³-hybridized carbons (Fsp3) is 0.667. The monoisotopic (exact) mass is 342 g/mol. The summed E-state index contributed by atoms with van der Waals surface area (Å²) in [6, 6.07) is 0. The molecule has 0 radical (unpaired) electrons. The Balaban J connectivity index is 3.94. The summed E-state index contributed by atoms with van der Waals surface area (Å²) in [5.74, 6) is -0.831. The average Bonchev–Trinajstić information content (AvgIpc) is 2.56. The lowest BCUT2D eigenvalue weighted by Crippen LogP contribution is -2.24. The first-order chi connectivity index (χ1) is 11.5. The highest BCUT2D eigenvalue weighted by molar-refractivity contribution is 5.86. The van der Waals surface area contributed by atoms with Crippen molar-refractivity contribution in [2.45, 2.75) is 45.6 Å². The molecule has 0 rings (SSSR count). The first kappa shape index (κ1) is 22.3. The normalized spacial score (nSPS) is 11.6. The Kier molecular flexibility index (Phi) is 13.9. The zero-order chi connectivity index (χ0) is 18.2. The van der Waals surface area contributed by atoms with Crippen LogP contribution < -0.4 is 0 Å². The van der Waals surface area contributed by atoms with Gasteiger partial charge in [-0.15, -0.1) is 0 Å². The zero-order valence-electron chi connectivity index (χ0n) is 14.9. The predicted molar refractivity (Wildman–Crippen MR) is 91.6 cm³/mol. The lowest BCUT2D eigenvalue weighted by molar-refractivity contribution is -0.141. The number of hydrogen-bond donors (Lipinski definition) is 0. The summed E-state index contributed by atoms with van der Waals surface area (Å²) in [5.41, 5.74) is 0.378. The lowest BCUT2D eigenvalue weighted by Gasteiger charge is -2.18. The van der Waals surface area contributed by atoms with Crippen molar-refractivity contribution in [2.75, 3.05) is 33.0 Å². The van der Waals surface area contributed by atoms with Gasteiger partial charge in [0.1, 0.15) is 0 Å². The highest BCUT2D eigenvalue weighted by Crippen LogP contribution is 2.04. The van der Waals surface area contributed by atoms with E-state index in [4.69, 9.17) is 18.9 Å². The van der Waals surface area contributed by atoms with E-state index in [-0.39, 0.29) is 12.7 Å². The zero-order valence-corrected chi connectivity index (χ0v) is 14.9. The number of hydrogen-bond acceptors (Lipinski definition) is 6. The van der Waals surface area contributed by atoms with E-state index in [0.717, 1.165) is 18.9 Å². The summed E-state index contributed by atoms with van der Waals surface area (Å²) in [4.78, 5) is 22.2. The van der Waals surface area contributed by atoms with Gasteiger partial charge in [-0.25, -0.2) is 9.59 Å². The van der Waals surface area contributed by atoms with E-state index in [1.165, 1.54) is 0 Å². The van der Waals surface area contributed by atoms with Crippen molar-refractivity contribution >= 4 is 11.9 Å². The molecule has 0 bridgehead atoms. The first-order valence-electron chi connectivity index (χ1n) is 8.32. The summed E-state index contributed by atoms with van der Waals surface area (Å²) in [7, 11) is 0. The van der Waals surface area contributed by atoms with Gasteiger partial charge in [-0.1, -0.05) is 26.5 Å². The van der Waals surface area contributed by atoms with Gasteiger partial charge < -0.3 is 18.9 Å². The van der Waals surface area contributed by atoms with E-state index >= 15 is 0 Å². The molecular weight excluding hydrogens is 312 g/mol. The number of esters is 2. The van der Waals surface area contributed by atoms with E-state index in [0.29, 0.717) is 44.8 Å². The van der Waals surface area contributed by atoms with Crippen molar-refractivity contribution in [3.63, 3.8) is 0 Å². The minimum atomic E-state index is -0.435. The molecule has 0 N–H and O–H groups in total. The Labute approximate surface area is 144 Å². The van der Waals surface area contributed by atoms with E-state index in [9.17, 15) is 9.59 Å². The molecule has 0 fully saturated rings. The third-order valence-corrected chi connectivity index (χ3v) is 3.02. The molecule has 0 spiro atoms. The van der Waals surface area contributed by atoms with Crippen LogP contribution in [0.5, 0.6) is 0 Å². The highest BCUT2D eigenvalue weighted by Gasteiger charge is 2.11. The molecule has 0 aromatic heterocycles. The molecule has 0 aromatic carbocycles. The number of ether oxygens (including phenoxy) is 4. The standard InChI is InChI=1S/C18H30O6/c1-5-7-11-22-16(9-13-24-18(20)15(3)4)14-21-10-8-12-23-17(19)6-2/h6,16H,2-3,5,7-14H2,1,4H3. The average molecular weight is 342 g/mol. The van der Waals surface area contributed by atoms with Crippen LogP contribution in [0.25, 0.3) is 0 Å². The van der Waals surface area contributed by atoms with Crippen molar-refractivity contribution in [1.82, 2.24) is 0 Å². The van der Waals surface area contributed by atoms with Gasteiger partial charge in [0.05, 0.1) is 25.9 Å². The van der Waals surface area contributed by atoms with Crippen LogP contribution in [-0.2, 0) is 28.5 Å². The summed E-state index contributed by atoms with van der Waals surface area (Å²) in [6.45, 7) is 12.6. The Morgan fingerprint density at radius 3 is 2.46 bits per heavy atom. The van der Waals surface area contributed by atoms with Gasteiger partial charge in [0.15, 0.2) is 0 Å². The maximum atomic E-state index is 11.4. The summed E-state index contributed by atoms with van der Waals surface area (Å²) in [6.07, 6.45) is 4.18. The molecular formula is C18H30O6. The van der Waals surface area contributed by atoms with Crippen molar-refractivity contribution in [1.29, 1.82) is 0 Å². The Bertz CT molecular complexity index is 391. The maximum absolute atomic E-state index is 11.4. The van der Waals surface area contributed by atoms with Crippen molar-refractivity contribution in [2.24, 2.45) is 0 Å². The van der Waals surface area contributed by atoms with E-state index < -0.39 is 11.9 Å². The predicted octanol–water partition coefficient (Wildman–Crippen LogP) is 2.82. The third-order valence-electron chi connectivity index (χ3n) is 3.02. The van der Waals surface area contributed by atoms with Crippen LogP contribution in [0.3, 0.4) is 0 Å². The van der Waals surface area contributed by atoms with Gasteiger partial charge in [0, 0.05) is 37.7 Å². The minimum absolute atomic E-state index is 0.134. The van der Waals surface area contributed by atoms with Gasteiger partial charge in [-0.2, -0.15) is 0 Å². The van der Waals surface area contributed by atoms with Crippen LogP contribution in [0.4, 0.5) is 0 Å². The molecule has 0 heterocycles. The Hall–Kier alpha value is -1.66. The van der Waals surface area contributed by atoms with Gasteiger partial charge >= 0.3 is 11.9 Å². The summed E-state index contributed by atoms with van der Waals surface area (Å²) < 4.78 is 21.2.